The molecular weight excluding hydrogens is 253 g/mol. The van der Waals surface area contributed by atoms with Crippen molar-refractivity contribution < 1.29 is 4.39 Å². The molecule has 0 spiro atoms. The summed E-state index contributed by atoms with van der Waals surface area (Å²) in [5, 5.41) is 12.8. The van der Waals surface area contributed by atoms with Crippen molar-refractivity contribution in [1.82, 2.24) is 4.90 Å². The molecule has 0 aliphatic carbocycles. The largest absolute Gasteiger partial charge is 0.367 e. The predicted octanol–water partition coefficient (Wildman–Crippen LogP) is 3.25. The first-order valence-electron chi connectivity index (χ1n) is 7.20. The van der Waals surface area contributed by atoms with Gasteiger partial charge in [-0.3, -0.25) is 0 Å². The lowest BCUT2D eigenvalue weighted by Crippen LogP contribution is -2.49. The number of benzene rings is 1. The summed E-state index contributed by atoms with van der Waals surface area (Å²) < 4.78 is 12.9. The van der Waals surface area contributed by atoms with Gasteiger partial charge in [-0.05, 0) is 43.0 Å². The van der Waals surface area contributed by atoms with Gasteiger partial charge < -0.3 is 10.2 Å². The molecule has 1 N–H and O–H groups in total. The number of hydrogen-bond acceptors (Lipinski definition) is 3. The highest BCUT2D eigenvalue weighted by atomic mass is 19.1. The van der Waals surface area contributed by atoms with Crippen LogP contribution in [0.4, 0.5) is 10.1 Å². The number of nitrogens with one attached hydrogen (secondary N) is 1. The first kappa shape index (κ1) is 14.8. The minimum absolute atomic E-state index is 0.256. The molecule has 0 amide bonds. The van der Waals surface area contributed by atoms with Crippen LogP contribution in [0.1, 0.15) is 26.7 Å². The van der Waals surface area contributed by atoms with Crippen LogP contribution in [0.25, 0.3) is 0 Å². The molecular formula is C16H22FN3. The van der Waals surface area contributed by atoms with Crippen molar-refractivity contribution in [2.75, 3.05) is 25.0 Å². The first-order chi connectivity index (χ1) is 9.53. The molecule has 0 saturated carbocycles. The van der Waals surface area contributed by atoms with Crippen LogP contribution < -0.4 is 5.32 Å². The Morgan fingerprint density at radius 2 is 1.90 bits per heavy atom. The number of piperidine rings is 1. The van der Waals surface area contributed by atoms with Crippen molar-refractivity contribution in [1.29, 1.82) is 5.26 Å². The van der Waals surface area contributed by atoms with Gasteiger partial charge in [-0.1, -0.05) is 13.8 Å². The smallest absolute Gasteiger partial charge is 0.127 e. The average molecular weight is 275 g/mol. The highest BCUT2D eigenvalue weighted by Gasteiger charge is 2.34. The summed E-state index contributed by atoms with van der Waals surface area (Å²) in [5.41, 5.74) is 0.288. The van der Waals surface area contributed by atoms with E-state index in [2.05, 4.69) is 30.1 Å². The van der Waals surface area contributed by atoms with E-state index in [0.717, 1.165) is 38.2 Å². The maximum atomic E-state index is 12.9. The fourth-order valence-corrected chi connectivity index (χ4v) is 2.71. The normalized spacial score (nSPS) is 18.8. The average Bonchev–Trinajstić information content (AvgIpc) is 2.43. The summed E-state index contributed by atoms with van der Waals surface area (Å²) in [5.74, 6) is 0.392. The van der Waals surface area contributed by atoms with Gasteiger partial charge >= 0.3 is 0 Å². The van der Waals surface area contributed by atoms with E-state index >= 15 is 0 Å². The van der Waals surface area contributed by atoms with Crippen molar-refractivity contribution in [3.05, 3.63) is 30.1 Å². The lowest BCUT2D eigenvalue weighted by atomic mass is 9.88. The third-order valence-electron chi connectivity index (χ3n) is 3.77. The standard InChI is InChI=1S/C16H22FN3/c1-13(2)11-20-9-7-16(12-18,8-10-20)19-15-5-3-14(17)4-6-15/h3-6,13,19H,7-11H2,1-2H3. The van der Waals surface area contributed by atoms with Crippen LogP contribution in [-0.4, -0.2) is 30.1 Å². The highest BCUT2D eigenvalue weighted by molar-refractivity contribution is 5.48. The molecule has 1 aliphatic heterocycles. The van der Waals surface area contributed by atoms with Gasteiger partial charge in [-0.2, -0.15) is 5.26 Å². The van der Waals surface area contributed by atoms with Gasteiger partial charge in [-0.15, -0.1) is 0 Å². The molecule has 2 rings (SSSR count). The van der Waals surface area contributed by atoms with Gasteiger partial charge in [0.05, 0.1) is 6.07 Å². The molecule has 0 unspecified atom stereocenters. The number of nitriles is 1. The number of likely N-dealkylation sites (tertiary alicyclic amines) is 1. The van der Waals surface area contributed by atoms with Crippen LogP contribution in [0.15, 0.2) is 24.3 Å². The van der Waals surface area contributed by atoms with Gasteiger partial charge in [0.15, 0.2) is 0 Å². The lowest BCUT2D eigenvalue weighted by molar-refractivity contribution is 0.179. The van der Waals surface area contributed by atoms with Crippen molar-refractivity contribution in [3.8, 4) is 6.07 Å². The van der Waals surface area contributed by atoms with E-state index in [-0.39, 0.29) is 5.82 Å². The molecule has 1 aliphatic rings. The number of rotatable bonds is 4. The number of hydrogen-bond donors (Lipinski definition) is 1. The van der Waals surface area contributed by atoms with Crippen molar-refractivity contribution in [2.45, 2.75) is 32.2 Å². The molecule has 3 nitrogen and oxygen atoms in total. The minimum atomic E-state index is -0.523. The number of nitrogens with zero attached hydrogens (tertiary/aromatic N) is 2. The monoisotopic (exact) mass is 275 g/mol. The van der Waals surface area contributed by atoms with E-state index in [9.17, 15) is 9.65 Å². The van der Waals surface area contributed by atoms with E-state index in [1.165, 1.54) is 12.1 Å². The number of anilines is 1. The van der Waals surface area contributed by atoms with Crippen molar-refractivity contribution in [2.24, 2.45) is 5.92 Å². The van der Waals surface area contributed by atoms with E-state index in [1.807, 2.05) is 0 Å². The van der Waals surface area contributed by atoms with Gasteiger partial charge in [0.25, 0.3) is 0 Å². The van der Waals surface area contributed by atoms with E-state index in [4.69, 9.17) is 0 Å². The molecule has 0 aromatic heterocycles. The molecule has 1 aromatic carbocycles. The molecule has 1 heterocycles. The summed E-state index contributed by atoms with van der Waals surface area (Å²) in [6.07, 6.45) is 1.60. The Hall–Kier alpha value is -1.60. The zero-order valence-electron chi connectivity index (χ0n) is 12.2. The van der Waals surface area contributed by atoms with Crippen LogP contribution in [0.2, 0.25) is 0 Å². The van der Waals surface area contributed by atoms with E-state index in [0.29, 0.717) is 5.92 Å². The first-order valence-corrected chi connectivity index (χ1v) is 7.20. The summed E-state index contributed by atoms with van der Waals surface area (Å²) in [4.78, 5) is 2.41. The maximum absolute atomic E-state index is 12.9. The second-order valence-electron chi connectivity index (χ2n) is 6.02. The van der Waals surface area contributed by atoms with Gasteiger partial charge in [0.2, 0.25) is 0 Å². The van der Waals surface area contributed by atoms with Crippen LogP contribution in [-0.2, 0) is 0 Å². The van der Waals surface area contributed by atoms with Gasteiger partial charge in [0, 0.05) is 25.3 Å². The molecule has 1 saturated heterocycles. The zero-order chi connectivity index (χ0) is 14.6. The molecule has 20 heavy (non-hydrogen) atoms. The van der Waals surface area contributed by atoms with E-state index in [1.54, 1.807) is 12.1 Å². The van der Waals surface area contributed by atoms with Crippen LogP contribution in [0, 0.1) is 23.1 Å². The highest BCUT2D eigenvalue weighted by Crippen LogP contribution is 2.27. The number of halogens is 1. The molecule has 1 aromatic rings. The molecule has 1 fully saturated rings. The van der Waals surface area contributed by atoms with E-state index < -0.39 is 5.54 Å². The Morgan fingerprint density at radius 3 is 2.40 bits per heavy atom. The summed E-state index contributed by atoms with van der Waals surface area (Å²) in [6, 6.07) is 8.64. The SMILES string of the molecule is CC(C)CN1CCC(C#N)(Nc2ccc(F)cc2)CC1. The Bertz CT molecular complexity index is 467. The Labute approximate surface area is 120 Å². The summed E-state index contributed by atoms with van der Waals surface area (Å²) >= 11 is 0. The van der Waals surface area contributed by atoms with Crippen LogP contribution in [0.3, 0.4) is 0 Å². The zero-order valence-corrected chi connectivity index (χ0v) is 12.2. The van der Waals surface area contributed by atoms with Crippen LogP contribution in [0.5, 0.6) is 0 Å². The van der Waals surface area contributed by atoms with Gasteiger partial charge in [-0.25, -0.2) is 4.39 Å². The summed E-state index contributed by atoms with van der Waals surface area (Å²) in [7, 11) is 0. The Kier molecular flexibility index (Phi) is 4.61. The van der Waals surface area contributed by atoms with Crippen molar-refractivity contribution in [3.63, 3.8) is 0 Å². The molecule has 108 valence electrons. The second kappa shape index (κ2) is 6.23. The maximum Gasteiger partial charge on any atom is 0.127 e. The lowest BCUT2D eigenvalue weighted by Gasteiger charge is -2.39. The Balaban J connectivity index is 1.98. The molecule has 0 radical (unpaired) electrons. The van der Waals surface area contributed by atoms with Crippen LogP contribution >= 0.6 is 0 Å². The predicted molar refractivity (Wildman–Crippen MR) is 78.9 cm³/mol. The quantitative estimate of drug-likeness (QED) is 0.916. The third-order valence-corrected chi connectivity index (χ3v) is 3.77. The fourth-order valence-electron chi connectivity index (χ4n) is 2.71. The van der Waals surface area contributed by atoms with Crippen molar-refractivity contribution >= 4 is 5.69 Å². The topological polar surface area (TPSA) is 39.1 Å². The van der Waals surface area contributed by atoms with Gasteiger partial charge in [0.1, 0.15) is 11.4 Å². The fraction of sp³-hybridized carbons (Fsp3) is 0.562. The third kappa shape index (κ3) is 3.71. The molecule has 0 bridgehead atoms. The summed E-state index contributed by atoms with van der Waals surface area (Å²) in [6.45, 7) is 7.36. The molecule has 0 atom stereocenters. The second-order valence-corrected chi connectivity index (χ2v) is 6.02. The minimum Gasteiger partial charge on any atom is -0.367 e. The Morgan fingerprint density at radius 1 is 1.30 bits per heavy atom. The molecule has 4 heteroatoms.